The lowest BCUT2D eigenvalue weighted by Crippen LogP contribution is -2.13. The summed E-state index contributed by atoms with van der Waals surface area (Å²) in [6, 6.07) is 13.2. The van der Waals surface area contributed by atoms with Crippen LogP contribution in [0.4, 0.5) is 5.69 Å². The van der Waals surface area contributed by atoms with Crippen molar-refractivity contribution < 1.29 is 18.3 Å². The van der Waals surface area contributed by atoms with Crippen LogP contribution in [0.25, 0.3) is 10.6 Å². The highest BCUT2D eigenvalue weighted by Gasteiger charge is 2.17. The van der Waals surface area contributed by atoms with Gasteiger partial charge in [0, 0.05) is 10.9 Å². The highest BCUT2D eigenvalue weighted by molar-refractivity contribution is 7.91. The Morgan fingerprint density at radius 2 is 1.92 bits per heavy atom. The zero-order chi connectivity index (χ0) is 18.7. The minimum atomic E-state index is -3.45. The molecule has 0 aliphatic heterocycles. The Balaban J connectivity index is 1.85. The van der Waals surface area contributed by atoms with Crippen LogP contribution in [0.3, 0.4) is 0 Å². The molecule has 0 atom stereocenters. The van der Waals surface area contributed by atoms with Gasteiger partial charge in [0.1, 0.15) is 16.5 Å². The fraction of sp³-hybridized carbons (Fsp3) is 0.111. The summed E-state index contributed by atoms with van der Waals surface area (Å²) in [6.45, 7) is 1.53. The molecule has 134 valence electrons. The molecule has 1 amide bonds. The Labute approximate surface area is 155 Å². The van der Waals surface area contributed by atoms with E-state index < -0.39 is 15.7 Å². The molecule has 3 rings (SSSR count). The number of hydrogen-bond donors (Lipinski definition) is 2. The van der Waals surface area contributed by atoms with Crippen molar-refractivity contribution in [1.29, 1.82) is 0 Å². The van der Waals surface area contributed by atoms with Gasteiger partial charge in [-0.2, -0.15) is 0 Å². The van der Waals surface area contributed by atoms with Crippen LogP contribution in [-0.4, -0.2) is 30.2 Å². The van der Waals surface area contributed by atoms with Gasteiger partial charge >= 0.3 is 0 Å². The fourth-order valence-electron chi connectivity index (χ4n) is 2.25. The number of aromatic hydroxyl groups is 1. The third-order valence-corrected chi connectivity index (χ3v) is 6.34. The third kappa shape index (κ3) is 3.76. The van der Waals surface area contributed by atoms with E-state index in [0.717, 1.165) is 5.56 Å². The number of amides is 1. The van der Waals surface area contributed by atoms with Crippen LogP contribution in [0.5, 0.6) is 5.75 Å². The first-order valence-corrected chi connectivity index (χ1v) is 10.3. The van der Waals surface area contributed by atoms with Gasteiger partial charge in [0.2, 0.25) is 0 Å². The minimum absolute atomic E-state index is 0.0267. The summed E-state index contributed by atoms with van der Waals surface area (Å²) in [5.41, 5.74) is 1.12. The average molecular weight is 388 g/mol. The summed E-state index contributed by atoms with van der Waals surface area (Å²) >= 11 is 1.33. The molecule has 0 aliphatic carbocycles. The number of aromatic nitrogens is 1. The van der Waals surface area contributed by atoms with Gasteiger partial charge in [-0.05, 0) is 18.2 Å². The van der Waals surface area contributed by atoms with E-state index in [1.807, 2.05) is 30.3 Å². The number of phenolic OH excluding ortho intramolecular Hbond substituents is 1. The maximum absolute atomic E-state index is 12.4. The number of thiazole rings is 1. The van der Waals surface area contributed by atoms with Crippen molar-refractivity contribution in [2.45, 2.75) is 11.8 Å². The van der Waals surface area contributed by atoms with Gasteiger partial charge in [-0.3, -0.25) is 4.79 Å². The minimum Gasteiger partial charge on any atom is -0.506 e. The smallest absolute Gasteiger partial charge is 0.275 e. The quantitative estimate of drug-likeness (QED) is 0.652. The Hall–Kier alpha value is -2.71. The predicted molar refractivity (Wildman–Crippen MR) is 101 cm³/mol. The summed E-state index contributed by atoms with van der Waals surface area (Å²) in [7, 11) is -3.45. The molecule has 0 spiro atoms. The summed E-state index contributed by atoms with van der Waals surface area (Å²) in [6.07, 6.45) is 0. The first-order valence-electron chi connectivity index (χ1n) is 7.79. The van der Waals surface area contributed by atoms with Gasteiger partial charge in [-0.25, -0.2) is 13.4 Å². The van der Waals surface area contributed by atoms with E-state index in [-0.39, 0.29) is 27.8 Å². The second kappa shape index (κ2) is 7.27. The van der Waals surface area contributed by atoms with Crippen LogP contribution in [-0.2, 0) is 9.84 Å². The maximum Gasteiger partial charge on any atom is 0.275 e. The van der Waals surface area contributed by atoms with Gasteiger partial charge in [-0.1, -0.05) is 37.3 Å². The summed E-state index contributed by atoms with van der Waals surface area (Å²) in [5.74, 6) is -0.811. The lowest BCUT2D eigenvalue weighted by molar-refractivity contribution is 0.102. The molecule has 6 nitrogen and oxygen atoms in total. The molecule has 1 heterocycles. The highest BCUT2D eigenvalue weighted by Crippen LogP contribution is 2.28. The van der Waals surface area contributed by atoms with Crippen LogP contribution in [0.15, 0.2) is 58.8 Å². The van der Waals surface area contributed by atoms with Gasteiger partial charge in [0.25, 0.3) is 5.91 Å². The van der Waals surface area contributed by atoms with Gasteiger partial charge in [0.15, 0.2) is 9.84 Å². The van der Waals surface area contributed by atoms with E-state index in [1.165, 1.54) is 36.5 Å². The number of rotatable bonds is 5. The molecule has 0 saturated carbocycles. The summed E-state index contributed by atoms with van der Waals surface area (Å²) in [4.78, 5) is 16.8. The van der Waals surface area contributed by atoms with E-state index in [1.54, 1.807) is 5.38 Å². The first kappa shape index (κ1) is 18.1. The molecule has 2 aromatic carbocycles. The van der Waals surface area contributed by atoms with Gasteiger partial charge < -0.3 is 10.4 Å². The van der Waals surface area contributed by atoms with Gasteiger partial charge in [-0.15, -0.1) is 11.3 Å². The van der Waals surface area contributed by atoms with E-state index in [0.29, 0.717) is 5.01 Å². The van der Waals surface area contributed by atoms with Crippen LogP contribution in [0.1, 0.15) is 17.4 Å². The van der Waals surface area contributed by atoms with Crippen LogP contribution < -0.4 is 5.32 Å². The summed E-state index contributed by atoms with van der Waals surface area (Å²) < 4.78 is 24.0. The first-order chi connectivity index (χ1) is 12.4. The highest BCUT2D eigenvalue weighted by atomic mass is 32.2. The molecule has 3 aromatic rings. The molecule has 0 fully saturated rings. The number of carbonyl (C=O) groups excluding carboxylic acids is 1. The molecule has 0 saturated heterocycles. The molecular weight excluding hydrogens is 372 g/mol. The molecule has 1 aromatic heterocycles. The fourth-order valence-corrected chi connectivity index (χ4v) is 3.97. The normalized spacial score (nSPS) is 11.3. The second-order valence-corrected chi connectivity index (χ2v) is 8.58. The van der Waals surface area contributed by atoms with Crippen LogP contribution in [0, 0.1) is 0 Å². The Morgan fingerprint density at radius 3 is 2.62 bits per heavy atom. The number of carbonyl (C=O) groups is 1. The number of phenols is 1. The number of hydrogen-bond acceptors (Lipinski definition) is 6. The number of nitrogens with zero attached hydrogens (tertiary/aromatic N) is 1. The SMILES string of the molecule is CCS(=O)(=O)c1ccc(O)c(NC(=O)c2csc(-c3ccccc3)n2)c1. The van der Waals surface area contributed by atoms with E-state index >= 15 is 0 Å². The Kier molecular flexibility index (Phi) is 5.06. The van der Waals surface area contributed by atoms with Crippen molar-refractivity contribution in [1.82, 2.24) is 4.98 Å². The zero-order valence-electron chi connectivity index (χ0n) is 13.8. The molecule has 26 heavy (non-hydrogen) atoms. The molecule has 0 bridgehead atoms. The largest absolute Gasteiger partial charge is 0.506 e. The molecule has 0 unspecified atom stereocenters. The van der Waals surface area contributed by atoms with Crippen molar-refractivity contribution in [3.63, 3.8) is 0 Å². The predicted octanol–water partition coefficient (Wildman–Crippen LogP) is 3.56. The standard InChI is InChI=1S/C18H16N2O4S2/c1-2-26(23,24)13-8-9-16(21)14(10-13)19-17(22)15-11-25-18(20-15)12-6-4-3-5-7-12/h3-11,21H,2H2,1H3,(H,19,22). The number of nitrogens with one attached hydrogen (secondary N) is 1. The third-order valence-electron chi connectivity index (χ3n) is 3.71. The van der Waals surface area contributed by atoms with Gasteiger partial charge in [0.05, 0.1) is 16.3 Å². The lowest BCUT2D eigenvalue weighted by atomic mass is 10.2. The van der Waals surface area contributed by atoms with Crippen molar-refractivity contribution in [2.75, 3.05) is 11.1 Å². The average Bonchev–Trinajstić information content (AvgIpc) is 3.14. The monoisotopic (exact) mass is 388 g/mol. The van der Waals surface area contributed by atoms with Crippen LogP contribution in [0.2, 0.25) is 0 Å². The molecule has 2 N–H and O–H groups in total. The van der Waals surface area contributed by atoms with Crippen molar-refractivity contribution in [2.24, 2.45) is 0 Å². The van der Waals surface area contributed by atoms with E-state index in [9.17, 15) is 18.3 Å². The molecular formula is C18H16N2O4S2. The number of sulfone groups is 1. The van der Waals surface area contributed by atoms with E-state index in [4.69, 9.17) is 0 Å². The van der Waals surface area contributed by atoms with E-state index in [2.05, 4.69) is 10.3 Å². The Morgan fingerprint density at radius 1 is 1.19 bits per heavy atom. The molecule has 0 aliphatic rings. The molecule has 8 heteroatoms. The number of anilines is 1. The maximum atomic E-state index is 12.4. The van der Waals surface area contributed by atoms with Crippen LogP contribution >= 0.6 is 11.3 Å². The lowest BCUT2D eigenvalue weighted by Gasteiger charge is -2.08. The zero-order valence-corrected chi connectivity index (χ0v) is 15.5. The summed E-state index contributed by atoms with van der Waals surface area (Å²) in [5, 5.41) is 14.8. The van der Waals surface area contributed by atoms with Crippen molar-refractivity contribution in [3.05, 3.63) is 59.6 Å². The second-order valence-electron chi connectivity index (χ2n) is 5.44. The Bertz CT molecular complexity index is 1040. The molecule has 0 radical (unpaired) electrons. The topological polar surface area (TPSA) is 96.4 Å². The van der Waals surface area contributed by atoms with Crippen molar-refractivity contribution in [3.8, 4) is 16.3 Å². The van der Waals surface area contributed by atoms with Crippen molar-refractivity contribution >= 4 is 32.8 Å². The number of benzene rings is 2.